The molecule has 2 rings (SSSR count). The van der Waals surface area contributed by atoms with E-state index in [1.54, 1.807) is 25.1 Å². The van der Waals surface area contributed by atoms with E-state index in [-0.39, 0.29) is 5.91 Å². The van der Waals surface area contributed by atoms with Gasteiger partial charge in [0.2, 0.25) is 0 Å². The summed E-state index contributed by atoms with van der Waals surface area (Å²) >= 11 is 9.29. The van der Waals surface area contributed by atoms with Gasteiger partial charge in [-0.1, -0.05) is 36.7 Å². The van der Waals surface area contributed by atoms with Crippen LogP contribution < -0.4 is 10.1 Å². The van der Waals surface area contributed by atoms with Crippen LogP contribution in [0.1, 0.15) is 25.0 Å². The summed E-state index contributed by atoms with van der Waals surface area (Å²) in [6.07, 6.45) is 0.228. The predicted molar refractivity (Wildman–Crippen MR) is 98.4 cm³/mol. The Morgan fingerprint density at radius 1 is 1.35 bits per heavy atom. The lowest BCUT2D eigenvalue weighted by Crippen LogP contribution is -2.30. The van der Waals surface area contributed by atoms with Crippen molar-refractivity contribution in [3.63, 3.8) is 0 Å². The van der Waals surface area contributed by atoms with Crippen LogP contribution in [0.2, 0.25) is 5.02 Å². The normalized spacial score (nSPS) is 11.9. The summed E-state index contributed by atoms with van der Waals surface area (Å²) in [5.74, 6) is 0.397. The molecule has 0 bridgehead atoms. The Morgan fingerprint density at radius 2 is 2.09 bits per heavy atom. The van der Waals surface area contributed by atoms with Gasteiger partial charge in [-0.2, -0.15) is 0 Å². The molecule has 0 radical (unpaired) electrons. The molecule has 0 fully saturated rings. The second-order valence-electron chi connectivity index (χ2n) is 5.29. The van der Waals surface area contributed by atoms with Gasteiger partial charge < -0.3 is 10.1 Å². The third kappa shape index (κ3) is 4.49. The molecule has 0 saturated heterocycles. The van der Waals surface area contributed by atoms with Crippen molar-refractivity contribution in [1.29, 1.82) is 0 Å². The van der Waals surface area contributed by atoms with E-state index in [0.717, 1.165) is 27.7 Å². The number of aryl methyl sites for hydroxylation is 2. The number of halogens is 2. The minimum absolute atomic E-state index is 0.184. The number of rotatable bonds is 5. The number of nitrogens with one attached hydrogen (secondary N) is 1. The summed E-state index contributed by atoms with van der Waals surface area (Å²) in [6.45, 7) is 5.77. The third-order valence-corrected chi connectivity index (χ3v) is 4.41. The number of hydrogen-bond donors (Lipinski definition) is 1. The van der Waals surface area contributed by atoms with E-state index < -0.39 is 6.10 Å². The molecule has 1 atom stereocenters. The van der Waals surface area contributed by atoms with Gasteiger partial charge in [0.05, 0.1) is 4.47 Å². The van der Waals surface area contributed by atoms with Crippen LogP contribution in [0.15, 0.2) is 40.9 Å². The maximum absolute atomic E-state index is 12.4. The average molecular weight is 397 g/mol. The molecule has 1 N–H and O–H groups in total. The van der Waals surface area contributed by atoms with Crippen molar-refractivity contribution in [3.8, 4) is 5.75 Å². The highest BCUT2D eigenvalue weighted by atomic mass is 79.9. The van der Waals surface area contributed by atoms with E-state index in [4.69, 9.17) is 16.3 Å². The van der Waals surface area contributed by atoms with Gasteiger partial charge in [0.1, 0.15) is 5.75 Å². The Kier molecular flexibility index (Phi) is 6.08. The van der Waals surface area contributed by atoms with E-state index in [9.17, 15) is 4.79 Å². The molecule has 0 aromatic heterocycles. The summed E-state index contributed by atoms with van der Waals surface area (Å²) in [4.78, 5) is 12.4. The van der Waals surface area contributed by atoms with E-state index in [0.29, 0.717) is 10.8 Å². The predicted octanol–water partition coefficient (Wildman–Crippen LogP) is 5.38. The number of amides is 1. The van der Waals surface area contributed by atoms with Crippen molar-refractivity contribution < 1.29 is 9.53 Å². The number of para-hydroxylation sites is 1. The topological polar surface area (TPSA) is 38.3 Å². The summed E-state index contributed by atoms with van der Waals surface area (Å²) < 4.78 is 6.45. The van der Waals surface area contributed by atoms with Crippen molar-refractivity contribution in [2.75, 3.05) is 5.32 Å². The van der Waals surface area contributed by atoms with Gasteiger partial charge >= 0.3 is 0 Å². The van der Waals surface area contributed by atoms with E-state index in [2.05, 4.69) is 28.2 Å². The molecule has 0 saturated carbocycles. The smallest absolute Gasteiger partial charge is 0.265 e. The van der Waals surface area contributed by atoms with Crippen LogP contribution in [0.4, 0.5) is 5.69 Å². The number of carbonyl (C=O) groups excluding carboxylic acids is 1. The summed E-state index contributed by atoms with van der Waals surface area (Å²) in [5, 5.41) is 3.58. The molecular weight excluding hydrogens is 378 g/mol. The standard InChI is InChI=1S/C18H19BrClNO2/c1-4-13-7-5-6-11(2)17(13)21-18(22)12(3)23-16-9-8-14(20)10-15(16)19/h5-10,12H,4H2,1-3H3,(H,21,22)/t12-/m1/s1. The SMILES string of the molecule is CCc1cccc(C)c1NC(=O)[C@@H](C)Oc1ccc(Cl)cc1Br. The van der Waals surface area contributed by atoms with Crippen LogP contribution in [-0.4, -0.2) is 12.0 Å². The first-order valence-electron chi connectivity index (χ1n) is 7.43. The Bertz CT molecular complexity index is 718. The highest BCUT2D eigenvalue weighted by Crippen LogP contribution is 2.29. The van der Waals surface area contributed by atoms with Gasteiger partial charge in [-0.25, -0.2) is 0 Å². The molecule has 3 nitrogen and oxygen atoms in total. The molecule has 1 amide bonds. The Morgan fingerprint density at radius 3 is 2.74 bits per heavy atom. The highest BCUT2D eigenvalue weighted by Gasteiger charge is 2.18. The fraction of sp³-hybridized carbons (Fsp3) is 0.278. The van der Waals surface area contributed by atoms with Crippen LogP contribution in [-0.2, 0) is 11.2 Å². The molecule has 5 heteroatoms. The second-order valence-corrected chi connectivity index (χ2v) is 6.58. The molecule has 122 valence electrons. The molecule has 0 spiro atoms. The lowest BCUT2D eigenvalue weighted by Gasteiger charge is -2.18. The van der Waals surface area contributed by atoms with E-state index in [1.165, 1.54) is 0 Å². The van der Waals surface area contributed by atoms with Crippen LogP contribution in [0.25, 0.3) is 0 Å². The molecule has 2 aromatic carbocycles. The zero-order chi connectivity index (χ0) is 17.0. The molecule has 0 unspecified atom stereocenters. The molecule has 23 heavy (non-hydrogen) atoms. The fourth-order valence-corrected chi connectivity index (χ4v) is 3.02. The number of benzene rings is 2. The largest absolute Gasteiger partial charge is 0.480 e. The fourth-order valence-electron chi connectivity index (χ4n) is 2.24. The number of anilines is 1. The molecule has 2 aromatic rings. The summed E-state index contributed by atoms with van der Waals surface area (Å²) in [6, 6.07) is 11.2. The lowest BCUT2D eigenvalue weighted by atomic mass is 10.1. The Hall–Kier alpha value is -1.52. The number of carbonyl (C=O) groups is 1. The maximum atomic E-state index is 12.4. The van der Waals surface area contributed by atoms with Crippen molar-refractivity contribution in [1.82, 2.24) is 0 Å². The molecule has 0 aliphatic rings. The molecule has 0 heterocycles. The zero-order valence-electron chi connectivity index (χ0n) is 13.3. The van der Waals surface area contributed by atoms with Gasteiger partial charge in [0, 0.05) is 10.7 Å². The van der Waals surface area contributed by atoms with Crippen LogP contribution in [0, 0.1) is 6.92 Å². The van der Waals surface area contributed by atoms with E-state index >= 15 is 0 Å². The first-order chi connectivity index (χ1) is 10.9. The number of ether oxygens (including phenoxy) is 1. The van der Waals surface area contributed by atoms with Crippen molar-refractivity contribution >= 4 is 39.1 Å². The van der Waals surface area contributed by atoms with Gasteiger partial charge in [-0.15, -0.1) is 0 Å². The van der Waals surface area contributed by atoms with Crippen LogP contribution in [0.5, 0.6) is 5.75 Å². The van der Waals surface area contributed by atoms with Crippen LogP contribution in [0.3, 0.4) is 0 Å². The van der Waals surface area contributed by atoms with Crippen molar-refractivity contribution in [2.24, 2.45) is 0 Å². The monoisotopic (exact) mass is 395 g/mol. The Balaban J connectivity index is 2.12. The van der Waals surface area contributed by atoms with Crippen molar-refractivity contribution in [3.05, 3.63) is 57.0 Å². The van der Waals surface area contributed by atoms with E-state index in [1.807, 2.05) is 25.1 Å². The first kappa shape index (κ1) is 17.8. The maximum Gasteiger partial charge on any atom is 0.265 e. The number of hydrogen-bond acceptors (Lipinski definition) is 2. The molecular formula is C18H19BrClNO2. The summed E-state index contributed by atoms with van der Waals surface area (Å²) in [7, 11) is 0. The van der Waals surface area contributed by atoms with Gasteiger partial charge in [-0.3, -0.25) is 4.79 Å². The first-order valence-corrected chi connectivity index (χ1v) is 8.60. The summed E-state index contributed by atoms with van der Waals surface area (Å²) in [5.41, 5.74) is 3.02. The minimum Gasteiger partial charge on any atom is -0.480 e. The lowest BCUT2D eigenvalue weighted by molar-refractivity contribution is -0.122. The Labute approximate surface area is 150 Å². The average Bonchev–Trinajstić information content (AvgIpc) is 2.51. The molecule has 0 aliphatic carbocycles. The highest BCUT2D eigenvalue weighted by molar-refractivity contribution is 9.10. The zero-order valence-corrected chi connectivity index (χ0v) is 15.7. The third-order valence-electron chi connectivity index (χ3n) is 3.56. The minimum atomic E-state index is -0.628. The molecule has 0 aliphatic heterocycles. The van der Waals surface area contributed by atoms with Crippen molar-refractivity contribution in [2.45, 2.75) is 33.3 Å². The van der Waals surface area contributed by atoms with Gasteiger partial charge in [0.25, 0.3) is 5.91 Å². The van der Waals surface area contributed by atoms with Gasteiger partial charge in [0.15, 0.2) is 6.10 Å². The second kappa shape index (κ2) is 7.84. The van der Waals surface area contributed by atoms with Crippen LogP contribution >= 0.6 is 27.5 Å². The quantitative estimate of drug-likeness (QED) is 0.737. The van der Waals surface area contributed by atoms with Gasteiger partial charge in [-0.05, 0) is 65.5 Å².